The fourth-order valence-corrected chi connectivity index (χ4v) is 7.11. The topological polar surface area (TPSA) is 163 Å². The van der Waals surface area contributed by atoms with E-state index in [1.54, 1.807) is 49.3 Å². The molecule has 0 unspecified atom stereocenters. The number of nitrogens with one attached hydrogen (secondary N) is 2. The van der Waals surface area contributed by atoms with Crippen LogP contribution in [0.5, 0.6) is 0 Å². The Kier molecular flexibility index (Phi) is 15.3. The van der Waals surface area contributed by atoms with E-state index in [2.05, 4.69) is 20.6 Å². The average molecular weight is 711 g/mol. The standard InChI is InChI=1S/C38H58N6O7/c1-10-25(4)32(43(7)35(47)31(24(2)3)41-37-39-19-15-20-40-37)29(50-8)22-30(45)44-21-14-18-28(44)33(51-9)26(5)34(46)42-38(6,36(48)49)23-27-16-12-11-13-17-27/h11-13,15-17,19-20,24-26,28-29,31-33H,10,14,18,21-23H2,1-9H3,(H,42,46)(H,48,49)(H,39,40,41)/t25-,26+,28-,29+,31-,32-,33+,38-/m0/s1. The fraction of sp³-hybridized carbons (Fsp3) is 0.632. The molecular formula is C38H58N6O7. The number of likely N-dealkylation sites (tertiary alicyclic amines) is 1. The SMILES string of the molecule is CC[C@H](C)[C@@H]([C@@H](CC(=O)N1CCC[C@H]1[C@H](OC)[C@@H](C)C(=O)N[C@@](C)(Cc1ccccc1)C(=O)O)OC)N(C)C(=O)[C@@H](Nc1ncccn1)C(C)C. The number of hydrogen-bond acceptors (Lipinski definition) is 9. The van der Waals surface area contributed by atoms with Gasteiger partial charge in [-0.3, -0.25) is 14.4 Å². The number of anilines is 1. The number of ether oxygens (including phenoxy) is 2. The molecule has 8 atom stereocenters. The van der Waals surface area contributed by atoms with E-state index in [9.17, 15) is 24.3 Å². The summed E-state index contributed by atoms with van der Waals surface area (Å²) in [6.07, 6.45) is 4.15. The number of nitrogens with zero attached hydrogens (tertiary/aromatic N) is 4. The molecule has 0 radical (unpaired) electrons. The highest BCUT2D eigenvalue weighted by Crippen LogP contribution is 2.30. The van der Waals surface area contributed by atoms with Crippen molar-refractivity contribution in [1.82, 2.24) is 25.1 Å². The zero-order chi connectivity index (χ0) is 37.9. The van der Waals surface area contributed by atoms with Crippen molar-refractivity contribution in [3.8, 4) is 0 Å². The van der Waals surface area contributed by atoms with Crippen molar-refractivity contribution in [1.29, 1.82) is 0 Å². The smallest absolute Gasteiger partial charge is 0.329 e. The molecule has 3 rings (SSSR count). The first-order valence-corrected chi connectivity index (χ1v) is 17.9. The van der Waals surface area contributed by atoms with Crippen LogP contribution in [-0.2, 0) is 35.1 Å². The molecular weight excluding hydrogens is 652 g/mol. The summed E-state index contributed by atoms with van der Waals surface area (Å²) in [4.78, 5) is 66.1. The number of rotatable bonds is 19. The van der Waals surface area contributed by atoms with Gasteiger partial charge in [-0.1, -0.05) is 71.4 Å². The fourth-order valence-electron chi connectivity index (χ4n) is 7.11. The highest BCUT2D eigenvalue weighted by Gasteiger charge is 2.44. The minimum Gasteiger partial charge on any atom is -0.480 e. The zero-order valence-corrected chi connectivity index (χ0v) is 31.7. The van der Waals surface area contributed by atoms with Crippen molar-refractivity contribution in [2.45, 2.75) is 110 Å². The Balaban J connectivity index is 1.78. The van der Waals surface area contributed by atoms with Crippen LogP contribution in [-0.4, -0.2) is 112 Å². The van der Waals surface area contributed by atoms with E-state index in [1.807, 2.05) is 58.0 Å². The summed E-state index contributed by atoms with van der Waals surface area (Å²) in [6, 6.07) is 9.42. The summed E-state index contributed by atoms with van der Waals surface area (Å²) >= 11 is 0. The first-order chi connectivity index (χ1) is 24.2. The Morgan fingerprint density at radius 3 is 2.24 bits per heavy atom. The Bertz CT molecular complexity index is 1430. The second kappa shape index (κ2) is 18.9. The van der Waals surface area contributed by atoms with E-state index in [-0.39, 0.29) is 36.5 Å². The molecule has 1 aromatic heterocycles. The number of likely N-dealkylation sites (N-methyl/N-ethyl adjacent to an activating group) is 1. The molecule has 2 aromatic rings. The average Bonchev–Trinajstić information content (AvgIpc) is 3.60. The molecule has 1 saturated heterocycles. The molecule has 51 heavy (non-hydrogen) atoms. The number of carboxylic acids is 1. The number of aromatic nitrogens is 2. The molecule has 1 aliphatic heterocycles. The lowest BCUT2D eigenvalue weighted by atomic mass is 9.89. The molecule has 13 nitrogen and oxygen atoms in total. The van der Waals surface area contributed by atoms with Crippen LogP contribution in [0.1, 0.15) is 72.8 Å². The van der Waals surface area contributed by atoms with Crippen molar-refractivity contribution >= 4 is 29.6 Å². The summed E-state index contributed by atoms with van der Waals surface area (Å²) in [6.45, 7) is 11.7. The van der Waals surface area contributed by atoms with Crippen LogP contribution in [0.2, 0.25) is 0 Å². The quantitative estimate of drug-likeness (QED) is 0.194. The Labute approximate surface area is 302 Å². The number of carbonyl (C=O) groups is 4. The second-order valence-corrected chi connectivity index (χ2v) is 14.3. The largest absolute Gasteiger partial charge is 0.480 e. The van der Waals surface area contributed by atoms with E-state index >= 15 is 0 Å². The van der Waals surface area contributed by atoms with Gasteiger partial charge in [-0.2, -0.15) is 0 Å². The highest BCUT2D eigenvalue weighted by molar-refractivity contribution is 5.88. The van der Waals surface area contributed by atoms with Gasteiger partial charge in [0.1, 0.15) is 11.6 Å². The van der Waals surface area contributed by atoms with Crippen LogP contribution >= 0.6 is 0 Å². The number of carboxylic acid groups (broad SMARTS) is 1. The van der Waals surface area contributed by atoms with Crippen molar-refractivity contribution in [3.05, 3.63) is 54.4 Å². The third-order valence-corrected chi connectivity index (χ3v) is 10.3. The van der Waals surface area contributed by atoms with Crippen LogP contribution in [0.25, 0.3) is 0 Å². The number of carbonyl (C=O) groups excluding carboxylic acids is 3. The number of amides is 3. The molecule has 0 bridgehead atoms. The predicted octanol–water partition coefficient (Wildman–Crippen LogP) is 4.04. The Hall–Kier alpha value is -4.10. The van der Waals surface area contributed by atoms with Gasteiger partial charge < -0.3 is 35.0 Å². The van der Waals surface area contributed by atoms with E-state index in [4.69, 9.17) is 9.47 Å². The van der Waals surface area contributed by atoms with Gasteiger partial charge in [0.15, 0.2) is 0 Å². The summed E-state index contributed by atoms with van der Waals surface area (Å²) in [5, 5.41) is 16.1. The van der Waals surface area contributed by atoms with Gasteiger partial charge >= 0.3 is 5.97 Å². The molecule has 282 valence electrons. The van der Waals surface area contributed by atoms with Crippen molar-refractivity contribution in [2.24, 2.45) is 17.8 Å². The van der Waals surface area contributed by atoms with Gasteiger partial charge in [-0.05, 0) is 43.2 Å². The maximum atomic E-state index is 14.1. The maximum Gasteiger partial charge on any atom is 0.329 e. The summed E-state index contributed by atoms with van der Waals surface area (Å²) in [5.74, 6) is -2.41. The van der Waals surface area contributed by atoms with Crippen molar-refractivity contribution in [3.63, 3.8) is 0 Å². The third kappa shape index (κ3) is 10.5. The molecule has 0 spiro atoms. The van der Waals surface area contributed by atoms with E-state index in [0.717, 1.165) is 18.4 Å². The molecule has 2 heterocycles. The van der Waals surface area contributed by atoms with Crippen molar-refractivity contribution in [2.75, 3.05) is 33.1 Å². The number of methoxy groups -OCH3 is 2. The molecule has 3 N–H and O–H groups in total. The molecule has 3 amide bonds. The number of aliphatic carboxylic acids is 1. The molecule has 1 fully saturated rings. The number of hydrogen-bond donors (Lipinski definition) is 3. The zero-order valence-electron chi connectivity index (χ0n) is 31.7. The van der Waals surface area contributed by atoms with Gasteiger partial charge in [0.2, 0.25) is 23.7 Å². The first kappa shape index (κ1) is 41.3. The third-order valence-electron chi connectivity index (χ3n) is 10.3. The molecule has 0 aliphatic carbocycles. The lowest BCUT2D eigenvalue weighted by molar-refractivity contribution is -0.150. The van der Waals surface area contributed by atoms with E-state index < -0.39 is 53.7 Å². The summed E-state index contributed by atoms with van der Waals surface area (Å²) in [7, 11) is 4.82. The van der Waals surface area contributed by atoms with Gasteiger partial charge in [0.05, 0.1) is 36.6 Å². The van der Waals surface area contributed by atoms with Gasteiger partial charge in [0.25, 0.3) is 0 Å². The minimum absolute atomic E-state index is 0.00161. The maximum absolute atomic E-state index is 14.1. The van der Waals surface area contributed by atoms with Crippen LogP contribution in [0.4, 0.5) is 5.95 Å². The molecule has 13 heteroatoms. The van der Waals surface area contributed by atoms with E-state index in [0.29, 0.717) is 18.9 Å². The second-order valence-electron chi connectivity index (χ2n) is 14.3. The Morgan fingerprint density at radius 2 is 1.69 bits per heavy atom. The van der Waals surface area contributed by atoms with Gasteiger partial charge in [0, 0.05) is 46.6 Å². The first-order valence-electron chi connectivity index (χ1n) is 17.9. The Morgan fingerprint density at radius 1 is 1.04 bits per heavy atom. The molecule has 1 aromatic carbocycles. The van der Waals surface area contributed by atoms with Gasteiger partial charge in [-0.15, -0.1) is 0 Å². The van der Waals surface area contributed by atoms with Crippen molar-refractivity contribution < 1.29 is 33.8 Å². The lowest BCUT2D eigenvalue weighted by Crippen LogP contribution is -2.58. The number of benzene rings is 1. The predicted molar refractivity (Wildman–Crippen MR) is 195 cm³/mol. The van der Waals surface area contributed by atoms with Crippen LogP contribution < -0.4 is 10.6 Å². The van der Waals surface area contributed by atoms with Crippen LogP contribution in [0.3, 0.4) is 0 Å². The minimum atomic E-state index is -1.55. The van der Waals surface area contributed by atoms with E-state index in [1.165, 1.54) is 14.0 Å². The van der Waals surface area contributed by atoms with Crippen LogP contribution in [0, 0.1) is 17.8 Å². The normalized spacial score (nSPS) is 19.3. The van der Waals surface area contributed by atoms with Gasteiger partial charge in [-0.25, -0.2) is 14.8 Å². The molecule has 1 aliphatic rings. The summed E-state index contributed by atoms with van der Waals surface area (Å²) < 4.78 is 11.9. The molecule has 0 saturated carbocycles. The highest BCUT2D eigenvalue weighted by atomic mass is 16.5. The monoisotopic (exact) mass is 710 g/mol. The summed E-state index contributed by atoms with van der Waals surface area (Å²) in [5.41, 5.74) is -0.766. The van der Waals surface area contributed by atoms with Crippen LogP contribution in [0.15, 0.2) is 48.8 Å². The lowest BCUT2D eigenvalue weighted by Gasteiger charge is -2.41.